The van der Waals surface area contributed by atoms with Gasteiger partial charge in [-0.2, -0.15) is 0 Å². The lowest BCUT2D eigenvalue weighted by atomic mass is 10.4. The van der Waals surface area contributed by atoms with Crippen LogP contribution in [0.2, 0.25) is 10.0 Å². The summed E-state index contributed by atoms with van der Waals surface area (Å²) < 4.78 is 13.8. The van der Waals surface area contributed by atoms with Crippen LogP contribution < -0.4 is 11.3 Å². The second kappa shape index (κ2) is 7.11. The van der Waals surface area contributed by atoms with Crippen molar-refractivity contribution in [2.45, 2.75) is 17.9 Å². The molecule has 0 fully saturated rings. The summed E-state index contributed by atoms with van der Waals surface area (Å²) in [7, 11) is -1.30. The SMILES string of the molecule is Nc1ccc(=O)n(CCCS(=O)c2c(Cl)cccc2Cl)c1. The Labute approximate surface area is 134 Å². The Balaban J connectivity index is 2.02. The van der Waals surface area contributed by atoms with Crippen LogP contribution in [-0.2, 0) is 17.3 Å². The Hall–Kier alpha value is -1.30. The fourth-order valence-electron chi connectivity index (χ4n) is 1.89. The first-order valence-electron chi connectivity index (χ1n) is 6.27. The number of nitrogens with two attached hydrogens (primary N) is 1. The molecule has 1 unspecified atom stereocenters. The molecule has 21 heavy (non-hydrogen) atoms. The van der Waals surface area contributed by atoms with Crippen molar-refractivity contribution in [2.24, 2.45) is 0 Å². The van der Waals surface area contributed by atoms with Crippen LogP contribution >= 0.6 is 23.2 Å². The van der Waals surface area contributed by atoms with Crippen molar-refractivity contribution in [1.29, 1.82) is 0 Å². The number of rotatable bonds is 5. The first-order valence-corrected chi connectivity index (χ1v) is 8.35. The summed E-state index contributed by atoms with van der Waals surface area (Å²) in [6, 6.07) is 7.99. The number of pyridine rings is 1. The minimum absolute atomic E-state index is 0.134. The maximum atomic E-state index is 12.3. The molecule has 0 saturated carbocycles. The van der Waals surface area contributed by atoms with Gasteiger partial charge >= 0.3 is 0 Å². The number of aryl methyl sites for hydroxylation is 1. The van der Waals surface area contributed by atoms with Crippen molar-refractivity contribution in [1.82, 2.24) is 4.57 Å². The molecule has 0 spiro atoms. The molecule has 0 amide bonds. The largest absolute Gasteiger partial charge is 0.398 e. The van der Waals surface area contributed by atoms with E-state index in [9.17, 15) is 9.00 Å². The van der Waals surface area contributed by atoms with Gasteiger partial charge in [0.05, 0.1) is 25.7 Å². The normalized spacial score (nSPS) is 12.3. The van der Waals surface area contributed by atoms with E-state index in [1.54, 1.807) is 30.5 Å². The quantitative estimate of drug-likeness (QED) is 0.906. The number of halogens is 2. The van der Waals surface area contributed by atoms with Crippen LogP contribution in [0.1, 0.15) is 6.42 Å². The molecule has 1 aromatic carbocycles. The van der Waals surface area contributed by atoms with Gasteiger partial charge in [-0.15, -0.1) is 0 Å². The highest BCUT2D eigenvalue weighted by molar-refractivity contribution is 7.85. The highest BCUT2D eigenvalue weighted by atomic mass is 35.5. The van der Waals surface area contributed by atoms with Crippen LogP contribution in [0.3, 0.4) is 0 Å². The molecule has 0 aliphatic carbocycles. The van der Waals surface area contributed by atoms with Crippen LogP contribution in [0.25, 0.3) is 0 Å². The Morgan fingerprint density at radius 2 is 1.81 bits per heavy atom. The molecule has 0 aliphatic heterocycles. The number of nitrogens with zero attached hydrogens (tertiary/aromatic N) is 1. The van der Waals surface area contributed by atoms with Gasteiger partial charge in [-0.1, -0.05) is 29.3 Å². The van der Waals surface area contributed by atoms with Crippen molar-refractivity contribution < 1.29 is 4.21 Å². The number of benzene rings is 1. The number of aromatic nitrogens is 1. The zero-order valence-corrected chi connectivity index (χ0v) is 13.4. The zero-order chi connectivity index (χ0) is 15.4. The summed E-state index contributed by atoms with van der Waals surface area (Å²) in [4.78, 5) is 12.1. The average Bonchev–Trinajstić information content (AvgIpc) is 2.42. The second-order valence-corrected chi connectivity index (χ2v) is 6.77. The van der Waals surface area contributed by atoms with E-state index in [1.807, 2.05) is 0 Å². The summed E-state index contributed by atoms with van der Waals surface area (Å²) in [5, 5.41) is 0.781. The molecule has 1 aromatic heterocycles. The lowest BCUT2D eigenvalue weighted by Crippen LogP contribution is -2.20. The van der Waals surface area contributed by atoms with Gasteiger partial charge in [0.1, 0.15) is 0 Å². The standard InChI is InChI=1S/C14H14Cl2N2O2S/c15-11-3-1-4-12(16)14(11)21(20)8-2-7-18-9-10(17)5-6-13(18)19/h1,3-6,9H,2,7-8,17H2. The molecule has 2 rings (SSSR count). The highest BCUT2D eigenvalue weighted by Crippen LogP contribution is 2.27. The van der Waals surface area contributed by atoms with E-state index in [4.69, 9.17) is 28.9 Å². The summed E-state index contributed by atoms with van der Waals surface area (Å²) >= 11 is 12.0. The van der Waals surface area contributed by atoms with Gasteiger partial charge in [0.25, 0.3) is 5.56 Å². The van der Waals surface area contributed by atoms with E-state index in [-0.39, 0.29) is 5.56 Å². The van der Waals surface area contributed by atoms with Gasteiger partial charge < -0.3 is 10.3 Å². The summed E-state index contributed by atoms with van der Waals surface area (Å²) in [5.41, 5.74) is 6.02. The molecule has 1 atom stereocenters. The summed E-state index contributed by atoms with van der Waals surface area (Å²) in [6.45, 7) is 0.442. The van der Waals surface area contributed by atoms with E-state index in [0.29, 0.717) is 39.3 Å². The number of hydrogen-bond acceptors (Lipinski definition) is 3. The number of hydrogen-bond donors (Lipinski definition) is 1. The third-order valence-corrected chi connectivity index (χ3v) is 5.29. The molecule has 2 N–H and O–H groups in total. The maximum Gasteiger partial charge on any atom is 0.250 e. The lowest BCUT2D eigenvalue weighted by molar-refractivity contribution is 0.644. The highest BCUT2D eigenvalue weighted by Gasteiger charge is 2.12. The predicted octanol–water partition coefficient (Wildman–Crippen LogP) is 2.94. The van der Waals surface area contributed by atoms with Gasteiger partial charge in [-0.3, -0.25) is 9.00 Å². The second-order valence-electron chi connectivity index (χ2n) is 4.45. The molecule has 0 radical (unpaired) electrons. The number of anilines is 1. The Bertz CT molecular complexity index is 711. The van der Waals surface area contributed by atoms with Gasteiger partial charge in [0, 0.05) is 30.2 Å². The average molecular weight is 345 g/mol. The summed E-state index contributed by atoms with van der Waals surface area (Å²) in [6.07, 6.45) is 2.13. The molecule has 2 aromatic rings. The molecular formula is C14H14Cl2N2O2S. The first kappa shape index (κ1) is 16.1. The topological polar surface area (TPSA) is 65.1 Å². The van der Waals surface area contributed by atoms with Gasteiger partial charge in [-0.05, 0) is 24.6 Å². The van der Waals surface area contributed by atoms with Gasteiger partial charge in [0.2, 0.25) is 0 Å². The van der Waals surface area contributed by atoms with Crippen molar-refractivity contribution in [3.63, 3.8) is 0 Å². The Kier molecular flexibility index (Phi) is 5.45. The fraction of sp³-hybridized carbons (Fsp3) is 0.214. The molecule has 0 saturated heterocycles. The van der Waals surface area contributed by atoms with Gasteiger partial charge in [0.15, 0.2) is 0 Å². The van der Waals surface area contributed by atoms with Crippen LogP contribution in [0.5, 0.6) is 0 Å². The zero-order valence-electron chi connectivity index (χ0n) is 11.1. The van der Waals surface area contributed by atoms with Crippen molar-refractivity contribution in [3.8, 4) is 0 Å². The van der Waals surface area contributed by atoms with Crippen LogP contribution in [0.4, 0.5) is 5.69 Å². The van der Waals surface area contributed by atoms with E-state index >= 15 is 0 Å². The lowest BCUT2D eigenvalue weighted by Gasteiger charge is -2.08. The fourth-order valence-corrected chi connectivity index (χ4v) is 3.97. The predicted molar refractivity (Wildman–Crippen MR) is 87.5 cm³/mol. The molecule has 112 valence electrons. The smallest absolute Gasteiger partial charge is 0.250 e. The minimum atomic E-state index is -1.30. The molecule has 0 aliphatic rings. The Morgan fingerprint density at radius 1 is 1.14 bits per heavy atom. The van der Waals surface area contributed by atoms with E-state index in [1.165, 1.54) is 10.6 Å². The van der Waals surface area contributed by atoms with E-state index < -0.39 is 10.8 Å². The minimum Gasteiger partial charge on any atom is -0.398 e. The van der Waals surface area contributed by atoms with Crippen molar-refractivity contribution in [2.75, 3.05) is 11.5 Å². The third kappa shape index (κ3) is 4.09. The van der Waals surface area contributed by atoms with Crippen molar-refractivity contribution >= 4 is 39.7 Å². The van der Waals surface area contributed by atoms with Crippen molar-refractivity contribution in [3.05, 3.63) is 56.9 Å². The molecule has 4 nitrogen and oxygen atoms in total. The molecule has 0 bridgehead atoms. The van der Waals surface area contributed by atoms with Crippen LogP contribution in [0, 0.1) is 0 Å². The Morgan fingerprint density at radius 3 is 2.48 bits per heavy atom. The molecule has 1 heterocycles. The first-order chi connectivity index (χ1) is 9.99. The van der Waals surface area contributed by atoms with Crippen LogP contribution in [0.15, 0.2) is 46.2 Å². The van der Waals surface area contributed by atoms with Crippen LogP contribution in [-0.4, -0.2) is 14.5 Å². The monoisotopic (exact) mass is 344 g/mol. The summed E-state index contributed by atoms with van der Waals surface area (Å²) in [5.74, 6) is 0.366. The van der Waals surface area contributed by atoms with E-state index in [0.717, 1.165) is 0 Å². The number of nitrogen functional groups attached to an aromatic ring is 1. The van der Waals surface area contributed by atoms with E-state index in [2.05, 4.69) is 0 Å². The van der Waals surface area contributed by atoms with Gasteiger partial charge in [-0.25, -0.2) is 0 Å². The maximum absolute atomic E-state index is 12.3. The molecular weight excluding hydrogens is 331 g/mol. The molecule has 7 heteroatoms. The third-order valence-electron chi connectivity index (χ3n) is 2.88.